The average Bonchev–Trinajstić information content (AvgIpc) is 2.83. The van der Waals surface area contributed by atoms with Gasteiger partial charge in [0.1, 0.15) is 0 Å². The minimum atomic E-state index is 0.806. The molecule has 90 valence electrons. The van der Waals surface area contributed by atoms with E-state index in [9.17, 15) is 0 Å². The third kappa shape index (κ3) is 3.90. The highest BCUT2D eigenvalue weighted by Crippen LogP contribution is 2.12. The van der Waals surface area contributed by atoms with Crippen LogP contribution in [-0.4, -0.2) is 41.3 Å². The number of hydrogen-bond acceptors (Lipinski definition) is 4. The summed E-state index contributed by atoms with van der Waals surface area (Å²) < 4.78 is 7.20. The predicted molar refractivity (Wildman–Crippen MR) is 61.1 cm³/mol. The Morgan fingerprint density at radius 2 is 2.25 bits per heavy atom. The van der Waals surface area contributed by atoms with Crippen molar-refractivity contribution in [1.29, 1.82) is 0 Å². The molecule has 2 heterocycles. The lowest BCUT2D eigenvalue weighted by molar-refractivity contribution is 0.0663. The number of aromatic nitrogens is 3. The Morgan fingerprint density at radius 1 is 1.38 bits per heavy atom. The van der Waals surface area contributed by atoms with Crippen LogP contribution in [0.1, 0.15) is 19.3 Å². The van der Waals surface area contributed by atoms with E-state index in [-0.39, 0.29) is 0 Å². The summed E-state index contributed by atoms with van der Waals surface area (Å²) in [4.78, 5) is 0. The lowest BCUT2D eigenvalue weighted by Crippen LogP contribution is -2.28. The van der Waals surface area contributed by atoms with Gasteiger partial charge in [-0.25, -0.2) is 0 Å². The quantitative estimate of drug-likeness (QED) is 0.722. The lowest BCUT2D eigenvalue weighted by Gasteiger charge is -2.22. The Morgan fingerprint density at radius 3 is 3.00 bits per heavy atom. The fourth-order valence-electron chi connectivity index (χ4n) is 1.97. The fraction of sp³-hybridized carbons (Fsp3) is 0.818. The topological polar surface area (TPSA) is 52.0 Å². The molecular weight excluding hydrogens is 204 g/mol. The van der Waals surface area contributed by atoms with E-state index in [2.05, 4.69) is 15.6 Å². The Hall–Kier alpha value is -0.940. The van der Waals surface area contributed by atoms with Crippen LogP contribution in [0.15, 0.2) is 12.4 Å². The van der Waals surface area contributed by atoms with E-state index in [1.807, 2.05) is 10.9 Å². The first-order chi connectivity index (χ1) is 7.95. The number of ether oxygens (including phenoxy) is 1. The minimum Gasteiger partial charge on any atom is -0.381 e. The highest BCUT2D eigenvalue weighted by atomic mass is 16.5. The van der Waals surface area contributed by atoms with Crippen LogP contribution in [0, 0.1) is 5.92 Å². The Bertz CT molecular complexity index is 270. The van der Waals surface area contributed by atoms with Crippen molar-refractivity contribution in [3.63, 3.8) is 0 Å². The average molecular weight is 224 g/mol. The van der Waals surface area contributed by atoms with Crippen LogP contribution in [-0.2, 0) is 11.3 Å². The molecule has 0 unspecified atom stereocenters. The number of hydrogen-bond donors (Lipinski definition) is 1. The summed E-state index contributed by atoms with van der Waals surface area (Å²) in [6, 6.07) is 0. The first-order valence-electron chi connectivity index (χ1n) is 6.08. The highest BCUT2D eigenvalue weighted by Gasteiger charge is 2.12. The van der Waals surface area contributed by atoms with Gasteiger partial charge in [-0.3, -0.25) is 4.68 Å². The van der Waals surface area contributed by atoms with Crippen LogP contribution in [0.3, 0.4) is 0 Å². The van der Waals surface area contributed by atoms with E-state index >= 15 is 0 Å². The Labute approximate surface area is 96.2 Å². The first-order valence-corrected chi connectivity index (χ1v) is 6.08. The molecule has 1 fully saturated rings. The first kappa shape index (κ1) is 11.5. The SMILES string of the molecule is c1cn(CCCNCC2CCOCC2)nn1. The van der Waals surface area contributed by atoms with Gasteiger partial charge in [-0.2, -0.15) is 0 Å². The van der Waals surface area contributed by atoms with Gasteiger partial charge < -0.3 is 10.1 Å². The molecule has 1 aromatic heterocycles. The highest BCUT2D eigenvalue weighted by molar-refractivity contribution is 4.67. The van der Waals surface area contributed by atoms with Gasteiger partial charge in [-0.15, -0.1) is 5.10 Å². The molecule has 0 aliphatic carbocycles. The van der Waals surface area contributed by atoms with Crippen LogP contribution in [0.25, 0.3) is 0 Å². The summed E-state index contributed by atoms with van der Waals surface area (Å²) >= 11 is 0. The number of rotatable bonds is 6. The van der Waals surface area contributed by atoms with Crippen molar-refractivity contribution in [3.05, 3.63) is 12.4 Å². The normalized spacial score (nSPS) is 17.8. The molecule has 2 rings (SSSR count). The summed E-state index contributed by atoms with van der Waals surface area (Å²) in [6.45, 7) is 5.00. The predicted octanol–water partition coefficient (Wildman–Crippen LogP) is 0.684. The third-order valence-electron chi connectivity index (χ3n) is 2.99. The molecule has 5 heteroatoms. The van der Waals surface area contributed by atoms with E-state index < -0.39 is 0 Å². The molecule has 0 aromatic carbocycles. The van der Waals surface area contributed by atoms with Gasteiger partial charge >= 0.3 is 0 Å². The molecule has 5 nitrogen and oxygen atoms in total. The van der Waals surface area contributed by atoms with Crippen molar-refractivity contribution < 1.29 is 4.74 Å². The van der Waals surface area contributed by atoms with Crippen molar-refractivity contribution in [2.24, 2.45) is 5.92 Å². The van der Waals surface area contributed by atoms with Gasteiger partial charge in [0.25, 0.3) is 0 Å². The molecule has 0 radical (unpaired) electrons. The summed E-state index contributed by atoms with van der Waals surface area (Å²) in [7, 11) is 0. The largest absolute Gasteiger partial charge is 0.381 e. The zero-order valence-corrected chi connectivity index (χ0v) is 9.64. The minimum absolute atomic E-state index is 0.806. The molecule has 0 amide bonds. The summed E-state index contributed by atoms with van der Waals surface area (Å²) in [6.07, 6.45) is 7.13. The molecule has 1 aliphatic rings. The van der Waals surface area contributed by atoms with E-state index in [0.717, 1.165) is 45.2 Å². The van der Waals surface area contributed by atoms with Gasteiger partial charge in [0.15, 0.2) is 0 Å². The second-order valence-corrected chi connectivity index (χ2v) is 4.28. The van der Waals surface area contributed by atoms with E-state index in [4.69, 9.17) is 4.74 Å². The summed E-state index contributed by atoms with van der Waals surface area (Å²) in [5.74, 6) is 0.806. The van der Waals surface area contributed by atoms with E-state index in [1.54, 1.807) is 6.20 Å². The zero-order chi connectivity index (χ0) is 11.1. The van der Waals surface area contributed by atoms with Crippen molar-refractivity contribution in [3.8, 4) is 0 Å². The van der Waals surface area contributed by atoms with Crippen molar-refractivity contribution in [2.75, 3.05) is 26.3 Å². The smallest absolute Gasteiger partial charge is 0.0692 e. The second kappa shape index (κ2) is 6.60. The maximum Gasteiger partial charge on any atom is 0.0692 e. The lowest BCUT2D eigenvalue weighted by atomic mass is 10.0. The summed E-state index contributed by atoms with van der Waals surface area (Å²) in [5.41, 5.74) is 0. The monoisotopic (exact) mass is 224 g/mol. The summed E-state index contributed by atoms with van der Waals surface area (Å²) in [5, 5.41) is 11.2. The maximum absolute atomic E-state index is 5.33. The van der Waals surface area contributed by atoms with Crippen LogP contribution in [0.5, 0.6) is 0 Å². The van der Waals surface area contributed by atoms with Gasteiger partial charge in [0, 0.05) is 26.0 Å². The maximum atomic E-state index is 5.33. The zero-order valence-electron chi connectivity index (χ0n) is 9.64. The third-order valence-corrected chi connectivity index (χ3v) is 2.99. The number of nitrogens with zero attached hydrogens (tertiary/aromatic N) is 3. The van der Waals surface area contributed by atoms with Crippen LogP contribution in [0.2, 0.25) is 0 Å². The molecule has 1 aliphatic heterocycles. The molecule has 1 aromatic rings. The van der Waals surface area contributed by atoms with Gasteiger partial charge in [-0.1, -0.05) is 5.21 Å². The fourth-order valence-corrected chi connectivity index (χ4v) is 1.97. The molecule has 0 saturated carbocycles. The number of aryl methyl sites for hydroxylation is 1. The molecule has 0 bridgehead atoms. The van der Waals surface area contributed by atoms with Crippen LogP contribution >= 0.6 is 0 Å². The van der Waals surface area contributed by atoms with Crippen molar-refractivity contribution in [2.45, 2.75) is 25.8 Å². The van der Waals surface area contributed by atoms with Crippen LogP contribution in [0.4, 0.5) is 0 Å². The number of nitrogens with one attached hydrogen (secondary N) is 1. The second-order valence-electron chi connectivity index (χ2n) is 4.28. The standard InChI is InChI=1S/C11H20N4O/c1(6-15-7-5-13-14-15)4-12-10-11-2-8-16-9-3-11/h5,7,11-12H,1-4,6,8-10H2. The van der Waals surface area contributed by atoms with E-state index in [1.165, 1.54) is 12.8 Å². The Balaban J connectivity index is 1.48. The van der Waals surface area contributed by atoms with E-state index in [0.29, 0.717) is 0 Å². The molecule has 1 N–H and O–H groups in total. The van der Waals surface area contributed by atoms with Crippen molar-refractivity contribution >= 4 is 0 Å². The van der Waals surface area contributed by atoms with Gasteiger partial charge in [0.2, 0.25) is 0 Å². The van der Waals surface area contributed by atoms with Crippen LogP contribution < -0.4 is 5.32 Å². The molecule has 0 spiro atoms. The molecule has 16 heavy (non-hydrogen) atoms. The van der Waals surface area contributed by atoms with Gasteiger partial charge in [0.05, 0.1) is 6.20 Å². The molecule has 0 atom stereocenters. The molecular formula is C11H20N4O. The Kier molecular flexibility index (Phi) is 4.76. The van der Waals surface area contributed by atoms with Gasteiger partial charge in [-0.05, 0) is 38.3 Å². The van der Waals surface area contributed by atoms with Crippen molar-refractivity contribution in [1.82, 2.24) is 20.3 Å². The molecule has 1 saturated heterocycles.